The third kappa shape index (κ3) is 1.37. The van der Waals surface area contributed by atoms with Gasteiger partial charge in [0.05, 0.1) is 0 Å². The third-order valence-corrected chi connectivity index (χ3v) is 6.71. The molecule has 1 aliphatic heterocycles. The van der Waals surface area contributed by atoms with Crippen LogP contribution in [0.3, 0.4) is 0 Å². The molecule has 4 bridgehead atoms. The molecule has 0 N–H and O–H groups in total. The average Bonchev–Trinajstić information content (AvgIpc) is 2.83. The Hall–Kier alpha value is -0.860. The van der Waals surface area contributed by atoms with Crippen LogP contribution in [0.2, 0.25) is 0 Å². The minimum atomic E-state index is 0.360. The molecular formula is C17H25N3. The van der Waals surface area contributed by atoms with Crippen molar-refractivity contribution >= 4 is 0 Å². The third-order valence-electron chi connectivity index (χ3n) is 6.71. The SMILES string of the molecule is CC12CC3CC(C)(C1)CC(c1nnc4n1CCC4)(C3)C2. The van der Waals surface area contributed by atoms with Crippen molar-refractivity contribution in [3.8, 4) is 0 Å². The van der Waals surface area contributed by atoms with Crippen LogP contribution in [-0.4, -0.2) is 14.8 Å². The number of nitrogens with zero attached hydrogens (tertiary/aromatic N) is 3. The first-order chi connectivity index (χ1) is 9.50. The van der Waals surface area contributed by atoms with Gasteiger partial charge in [-0.3, -0.25) is 0 Å². The van der Waals surface area contributed by atoms with Crippen molar-refractivity contribution in [2.24, 2.45) is 16.7 Å². The Morgan fingerprint density at radius 2 is 1.75 bits per heavy atom. The van der Waals surface area contributed by atoms with Crippen LogP contribution in [0.1, 0.15) is 70.4 Å². The molecule has 108 valence electrons. The molecule has 2 unspecified atom stereocenters. The summed E-state index contributed by atoms with van der Waals surface area (Å²) in [5.41, 5.74) is 1.50. The molecule has 0 aromatic carbocycles. The van der Waals surface area contributed by atoms with E-state index in [0.717, 1.165) is 18.9 Å². The van der Waals surface area contributed by atoms with Gasteiger partial charge < -0.3 is 4.57 Å². The summed E-state index contributed by atoms with van der Waals surface area (Å²) < 4.78 is 2.49. The van der Waals surface area contributed by atoms with Gasteiger partial charge in [0, 0.05) is 18.4 Å². The van der Waals surface area contributed by atoms with Gasteiger partial charge in [-0.2, -0.15) is 0 Å². The fourth-order valence-corrected chi connectivity index (χ4v) is 7.24. The second-order valence-corrected chi connectivity index (χ2v) is 9.11. The summed E-state index contributed by atoms with van der Waals surface area (Å²) in [7, 11) is 0. The highest BCUT2D eigenvalue weighted by atomic mass is 15.3. The zero-order valence-corrected chi connectivity index (χ0v) is 12.8. The van der Waals surface area contributed by atoms with E-state index in [-0.39, 0.29) is 0 Å². The standard InChI is InChI=1S/C17H25N3/c1-15-6-12-7-16(2,9-15)11-17(8-12,10-15)14-19-18-13-4-3-5-20(13)14/h12H,3-11H2,1-2H3. The normalized spacial score (nSPS) is 48.8. The summed E-state index contributed by atoms with van der Waals surface area (Å²) in [5, 5.41) is 9.22. The van der Waals surface area contributed by atoms with Crippen LogP contribution < -0.4 is 0 Å². The molecule has 2 heterocycles. The molecule has 0 spiro atoms. The summed E-state index contributed by atoms with van der Waals surface area (Å²) in [6.07, 6.45) is 10.9. The summed E-state index contributed by atoms with van der Waals surface area (Å²) in [6.45, 7) is 6.26. The number of aryl methyl sites for hydroxylation is 1. The van der Waals surface area contributed by atoms with E-state index in [9.17, 15) is 0 Å². The first-order valence-corrected chi connectivity index (χ1v) is 8.42. The molecule has 4 aliphatic carbocycles. The van der Waals surface area contributed by atoms with Crippen LogP contribution in [0.4, 0.5) is 0 Å². The maximum absolute atomic E-state index is 4.70. The van der Waals surface area contributed by atoms with E-state index in [1.54, 1.807) is 0 Å². The van der Waals surface area contributed by atoms with Gasteiger partial charge in [-0.05, 0) is 61.7 Å². The van der Waals surface area contributed by atoms with E-state index in [4.69, 9.17) is 5.10 Å². The van der Waals surface area contributed by atoms with Crippen LogP contribution in [0.15, 0.2) is 0 Å². The van der Waals surface area contributed by atoms with Gasteiger partial charge in [-0.1, -0.05) is 13.8 Å². The first-order valence-electron chi connectivity index (χ1n) is 8.42. The topological polar surface area (TPSA) is 30.7 Å². The van der Waals surface area contributed by atoms with Crippen LogP contribution in [0.5, 0.6) is 0 Å². The Morgan fingerprint density at radius 3 is 2.45 bits per heavy atom. The van der Waals surface area contributed by atoms with Crippen molar-refractivity contribution in [3.63, 3.8) is 0 Å². The van der Waals surface area contributed by atoms with Gasteiger partial charge in [0.15, 0.2) is 0 Å². The summed E-state index contributed by atoms with van der Waals surface area (Å²) in [4.78, 5) is 0. The molecule has 3 nitrogen and oxygen atoms in total. The monoisotopic (exact) mass is 271 g/mol. The van der Waals surface area contributed by atoms with Crippen molar-refractivity contribution in [3.05, 3.63) is 11.6 Å². The molecule has 1 aromatic heterocycles. The summed E-state index contributed by atoms with van der Waals surface area (Å²) in [6, 6.07) is 0. The van der Waals surface area contributed by atoms with Crippen molar-refractivity contribution < 1.29 is 0 Å². The first kappa shape index (κ1) is 11.8. The van der Waals surface area contributed by atoms with Crippen LogP contribution in [0.25, 0.3) is 0 Å². The number of rotatable bonds is 1. The van der Waals surface area contributed by atoms with Gasteiger partial charge in [-0.15, -0.1) is 10.2 Å². The highest BCUT2D eigenvalue weighted by molar-refractivity contribution is 5.23. The molecule has 5 aliphatic rings. The molecule has 0 saturated heterocycles. The molecule has 2 atom stereocenters. The predicted molar refractivity (Wildman–Crippen MR) is 77.4 cm³/mol. The minimum Gasteiger partial charge on any atom is -0.315 e. The van der Waals surface area contributed by atoms with Crippen molar-refractivity contribution in [1.82, 2.24) is 14.8 Å². The van der Waals surface area contributed by atoms with Crippen LogP contribution >= 0.6 is 0 Å². The molecule has 4 fully saturated rings. The second-order valence-electron chi connectivity index (χ2n) is 9.11. The predicted octanol–water partition coefficient (Wildman–Crippen LogP) is 3.47. The van der Waals surface area contributed by atoms with Crippen LogP contribution in [-0.2, 0) is 18.4 Å². The van der Waals surface area contributed by atoms with Gasteiger partial charge >= 0.3 is 0 Å². The number of hydrogen-bond acceptors (Lipinski definition) is 2. The summed E-state index contributed by atoms with van der Waals surface area (Å²) in [5.74, 6) is 3.56. The van der Waals surface area contributed by atoms with E-state index in [1.165, 1.54) is 56.6 Å². The fraction of sp³-hybridized carbons (Fsp3) is 0.882. The lowest BCUT2D eigenvalue weighted by Crippen LogP contribution is -2.57. The quantitative estimate of drug-likeness (QED) is 0.783. The van der Waals surface area contributed by atoms with Crippen molar-refractivity contribution in [2.75, 3.05) is 0 Å². The molecule has 4 saturated carbocycles. The highest BCUT2D eigenvalue weighted by Gasteiger charge is 2.62. The molecular weight excluding hydrogens is 246 g/mol. The second kappa shape index (κ2) is 3.31. The molecule has 3 heteroatoms. The van der Waals surface area contributed by atoms with Gasteiger partial charge in [-0.25, -0.2) is 0 Å². The zero-order chi connectivity index (χ0) is 13.6. The van der Waals surface area contributed by atoms with Crippen molar-refractivity contribution in [1.29, 1.82) is 0 Å². The number of aromatic nitrogens is 3. The lowest BCUT2D eigenvalue weighted by molar-refractivity contribution is -0.113. The van der Waals surface area contributed by atoms with Gasteiger partial charge in [0.2, 0.25) is 0 Å². The number of hydrogen-bond donors (Lipinski definition) is 0. The Labute approximate surface area is 121 Å². The van der Waals surface area contributed by atoms with E-state index < -0.39 is 0 Å². The molecule has 1 aromatic rings. The lowest BCUT2D eigenvalue weighted by atomic mass is 9.40. The lowest BCUT2D eigenvalue weighted by Gasteiger charge is -2.64. The Morgan fingerprint density at radius 1 is 1.00 bits per heavy atom. The van der Waals surface area contributed by atoms with Gasteiger partial charge in [0.1, 0.15) is 11.6 Å². The highest BCUT2D eigenvalue weighted by Crippen LogP contribution is 2.69. The average molecular weight is 271 g/mol. The number of fused-ring (bicyclic) bond motifs is 1. The smallest absolute Gasteiger partial charge is 0.139 e. The largest absolute Gasteiger partial charge is 0.315 e. The van der Waals surface area contributed by atoms with E-state index >= 15 is 0 Å². The van der Waals surface area contributed by atoms with E-state index in [2.05, 4.69) is 23.5 Å². The maximum atomic E-state index is 4.70. The molecule has 0 amide bonds. The molecule has 0 radical (unpaired) electrons. The fourth-order valence-electron chi connectivity index (χ4n) is 7.24. The zero-order valence-electron chi connectivity index (χ0n) is 12.8. The molecule has 6 rings (SSSR count). The van der Waals surface area contributed by atoms with Crippen LogP contribution in [0, 0.1) is 16.7 Å². The van der Waals surface area contributed by atoms with E-state index in [0.29, 0.717) is 16.2 Å². The Kier molecular flexibility index (Phi) is 1.95. The van der Waals surface area contributed by atoms with Gasteiger partial charge in [0.25, 0.3) is 0 Å². The summed E-state index contributed by atoms with van der Waals surface area (Å²) >= 11 is 0. The minimum absolute atomic E-state index is 0.360. The Balaban J connectivity index is 1.66. The Bertz CT molecular complexity index is 569. The van der Waals surface area contributed by atoms with Crippen molar-refractivity contribution in [2.45, 2.75) is 77.2 Å². The molecule has 20 heavy (non-hydrogen) atoms. The maximum Gasteiger partial charge on any atom is 0.139 e. The van der Waals surface area contributed by atoms with E-state index in [1.807, 2.05) is 0 Å².